The number of carbonyl (C=O) groups is 2. The Morgan fingerprint density at radius 3 is 1.88 bits per heavy atom. The predicted octanol–water partition coefficient (Wildman–Crippen LogP) is -2.80. The first-order valence-electron chi connectivity index (χ1n) is 29.2. The van der Waals surface area contributed by atoms with Crippen LogP contribution in [0.25, 0.3) is 0 Å². The fourth-order valence-electron chi connectivity index (χ4n) is 11.0. The first kappa shape index (κ1) is 71.0. The minimum Gasteiger partial charge on any atom is -0.462 e. The van der Waals surface area contributed by atoms with E-state index in [-0.39, 0.29) is 51.3 Å². The van der Waals surface area contributed by atoms with E-state index in [9.17, 15) is 86.2 Å². The number of piperazine rings is 1. The van der Waals surface area contributed by atoms with E-state index in [2.05, 4.69) is 5.32 Å². The standard InChI is InChI=1S/C59H95N3O22/c1-35-17-15-13-11-9-7-5-6-8-10-12-14-16-18-42(83-57-54(75)50(52(73)38(4)82-57)60-34-59(79)55(76)53(74)46(70)33-80-59)30-47-49(56(77)62-23-21-61(22-24-62)25-26-63)45(69)32-58(78,84-47)31-41(66)28-44(68)43(67)20-19-39(64)27-40(65)29-48(71)81-37(3)36(2)51(35)72/h5-18,35-47,49-55,57,60,63-70,72-76,78-79H,19-34H2,1-4H3/b6-5+,9-7+,10-8+,13-11+,14-12+,17-15-,18-16+/t35-,36?,37-,38+,39+,40+,41-,42-,43-,44+,45-,46+,47?,49?,50-,51+,52+,53-,54-,55-,57-,58+,59+/m0/s1. The van der Waals surface area contributed by atoms with E-state index in [4.69, 9.17) is 23.7 Å². The van der Waals surface area contributed by atoms with E-state index < -0.39 is 184 Å². The van der Waals surface area contributed by atoms with E-state index in [0.29, 0.717) is 19.6 Å². The largest absolute Gasteiger partial charge is 0.462 e. The molecule has 0 aromatic heterocycles. The van der Waals surface area contributed by atoms with Gasteiger partial charge < -0.3 is 110 Å². The Hall–Kier alpha value is -3.72. The van der Waals surface area contributed by atoms with Gasteiger partial charge in [-0.15, -0.1) is 0 Å². The third-order valence-electron chi connectivity index (χ3n) is 16.3. The van der Waals surface area contributed by atoms with Crippen molar-refractivity contribution < 1.29 is 110 Å². The minimum absolute atomic E-state index is 0.0956. The number of fused-ring (bicyclic) bond motifs is 2. The molecule has 2 bridgehead atoms. The number of β-amino-alcohol motifs (C(OH)–C–C–N with tert-alkyl or cyclic N) is 1. The summed E-state index contributed by atoms with van der Waals surface area (Å²) < 4.78 is 29.6. The Morgan fingerprint density at radius 2 is 1.26 bits per heavy atom. The highest BCUT2D eigenvalue weighted by Crippen LogP contribution is 2.39. The summed E-state index contributed by atoms with van der Waals surface area (Å²) in [7, 11) is 0. The van der Waals surface area contributed by atoms with Crippen LogP contribution in [0.5, 0.6) is 0 Å². The van der Waals surface area contributed by atoms with E-state index in [1.165, 1.54) is 17.9 Å². The number of carbonyl (C=O) groups excluding carboxylic acids is 2. The van der Waals surface area contributed by atoms with Crippen LogP contribution in [0.1, 0.15) is 79.1 Å². The highest BCUT2D eigenvalue weighted by atomic mass is 16.7. The molecule has 23 atom stereocenters. The second-order valence-corrected chi connectivity index (χ2v) is 23.1. The maximum atomic E-state index is 14.6. The van der Waals surface area contributed by atoms with Crippen LogP contribution in [0.3, 0.4) is 0 Å². The molecular weight excluding hydrogens is 1100 g/mol. The quantitative estimate of drug-likeness (QED) is 0.109. The van der Waals surface area contributed by atoms with Crippen LogP contribution < -0.4 is 5.32 Å². The number of aliphatic hydroxyl groups excluding tert-OH is 13. The topological polar surface area (TPSA) is 402 Å². The van der Waals surface area contributed by atoms with Gasteiger partial charge >= 0.3 is 5.97 Å². The third-order valence-corrected chi connectivity index (χ3v) is 16.3. The second-order valence-electron chi connectivity index (χ2n) is 23.1. The van der Waals surface area contributed by atoms with Gasteiger partial charge in [-0.2, -0.15) is 0 Å². The molecule has 1 amide bonds. The summed E-state index contributed by atoms with van der Waals surface area (Å²) in [6.45, 7) is 7.01. The number of allylic oxidation sites excluding steroid dienone is 12. The molecule has 5 aliphatic rings. The molecule has 16 N–H and O–H groups in total. The van der Waals surface area contributed by atoms with Gasteiger partial charge in [0.05, 0.1) is 105 Å². The lowest BCUT2D eigenvalue weighted by atomic mass is 9.81. The number of amides is 1. The number of esters is 1. The van der Waals surface area contributed by atoms with Gasteiger partial charge in [0.2, 0.25) is 11.7 Å². The van der Waals surface area contributed by atoms with Crippen LogP contribution in [0.2, 0.25) is 0 Å². The van der Waals surface area contributed by atoms with Crippen LogP contribution in [-0.4, -0.2) is 272 Å². The van der Waals surface area contributed by atoms with Crippen LogP contribution in [-0.2, 0) is 33.3 Å². The zero-order chi connectivity index (χ0) is 61.9. The maximum Gasteiger partial charge on any atom is 0.308 e. The summed E-state index contributed by atoms with van der Waals surface area (Å²) in [5.74, 6) is -8.28. The molecule has 0 radical (unpaired) electrons. The Labute approximate surface area is 491 Å². The molecule has 25 nitrogen and oxygen atoms in total. The lowest BCUT2D eigenvalue weighted by Crippen LogP contribution is -2.69. The molecule has 25 heteroatoms. The number of ether oxygens (including phenoxy) is 5. The summed E-state index contributed by atoms with van der Waals surface area (Å²) >= 11 is 0. The molecule has 478 valence electrons. The normalized spacial score (nSPS) is 44.8. The predicted molar refractivity (Wildman–Crippen MR) is 302 cm³/mol. The SMILES string of the molecule is CC1[C@H](C)OC(=O)C[C@H](O)C[C@H](O)CC[C@H](O)[C@H](O)C[C@H](O)C[C@]2(O)C[C@H](O)C(C(=O)N3CCN(CCO)CC3)C(C[C@@H](O[C@@H]3O[C@H](C)[C@@H](O)[C@H](NC[C@@]4(O)OC[C@@H](O)[C@H](O)[C@@H]4O)[C@@H]3O)/C=C/C=C/C=C/C=C/C=C/C=C/C=C\[C@H](C)[C@H]1O)O2. The van der Waals surface area contributed by atoms with Crippen LogP contribution in [0, 0.1) is 17.8 Å². The number of rotatable bonds is 8. The molecule has 5 heterocycles. The van der Waals surface area contributed by atoms with Gasteiger partial charge in [-0.05, 0) is 33.1 Å². The first-order valence-corrected chi connectivity index (χ1v) is 29.2. The van der Waals surface area contributed by atoms with Crippen LogP contribution >= 0.6 is 0 Å². The monoisotopic (exact) mass is 1200 g/mol. The van der Waals surface area contributed by atoms with Gasteiger partial charge in [-0.25, -0.2) is 0 Å². The number of aliphatic hydroxyl groups is 15. The minimum atomic E-state index is -2.47. The number of cyclic esters (lactones) is 1. The van der Waals surface area contributed by atoms with Crippen LogP contribution in [0.4, 0.5) is 0 Å². The van der Waals surface area contributed by atoms with Gasteiger partial charge in [0.1, 0.15) is 30.5 Å². The molecule has 0 aromatic carbocycles. The third kappa shape index (κ3) is 21.3. The number of nitrogens with zero attached hydrogens (tertiary/aromatic N) is 2. The van der Waals surface area contributed by atoms with Gasteiger partial charge in [0.15, 0.2) is 12.1 Å². The van der Waals surface area contributed by atoms with Gasteiger partial charge in [0, 0.05) is 70.2 Å². The second kappa shape index (κ2) is 34.1. The molecule has 5 rings (SSSR count). The average molecular weight is 1200 g/mol. The molecule has 84 heavy (non-hydrogen) atoms. The lowest BCUT2D eigenvalue weighted by molar-refractivity contribution is -0.323. The Kier molecular flexibility index (Phi) is 28.9. The van der Waals surface area contributed by atoms with Crippen molar-refractivity contribution in [3.05, 3.63) is 85.1 Å². The smallest absolute Gasteiger partial charge is 0.308 e. The molecule has 4 saturated heterocycles. The number of nitrogens with one attached hydrogen (secondary N) is 1. The Bertz CT molecular complexity index is 2210. The molecule has 5 aliphatic heterocycles. The zero-order valence-corrected chi connectivity index (χ0v) is 48.5. The van der Waals surface area contributed by atoms with E-state index in [0.717, 1.165) is 0 Å². The summed E-state index contributed by atoms with van der Waals surface area (Å²) in [6.07, 6.45) is -3.19. The maximum absolute atomic E-state index is 14.6. The molecule has 0 aromatic rings. The van der Waals surface area contributed by atoms with Crippen molar-refractivity contribution in [1.29, 1.82) is 0 Å². The Balaban J connectivity index is 1.44. The van der Waals surface area contributed by atoms with Crippen molar-refractivity contribution in [2.75, 3.05) is 52.5 Å². The molecule has 0 saturated carbocycles. The Morgan fingerprint density at radius 1 is 0.655 bits per heavy atom. The van der Waals surface area contributed by atoms with Crippen molar-refractivity contribution in [3.63, 3.8) is 0 Å². The number of hydrogen-bond donors (Lipinski definition) is 16. The van der Waals surface area contributed by atoms with Crippen LogP contribution in [0.15, 0.2) is 85.1 Å². The molecule has 4 fully saturated rings. The van der Waals surface area contributed by atoms with E-state index in [1.807, 2.05) is 17.9 Å². The highest BCUT2D eigenvalue weighted by Gasteiger charge is 2.53. The molecule has 0 spiro atoms. The summed E-state index contributed by atoms with van der Waals surface area (Å²) in [5.41, 5.74) is 0. The van der Waals surface area contributed by atoms with Crippen molar-refractivity contribution in [1.82, 2.24) is 15.1 Å². The zero-order valence-electron chi connectivity index (χ0n) is 48.5. The average Bonchev–Trinajstić information content (AvgIpc) is 2.40. The fourth-order valence-corrected chi connectivity index (χ4v) is 11.0. The molecule has 3 unspecified atom stereocenters. The van der Waals surface area contributed by atoms with Crippen molar-refractivity contribution in [3.8, 4) is 0 Å². The van der Waals surface area contributed by atoms with E-state index in [1.54, 1.807) is 86.8 Å². The highest BCUT2D eigenvalue weighted by molar-refractivity contribution is 5.80. The summed E-state index contributed by atoms with van der Waals surface area (Å²) in [5, 5.41) is 167. The molecule has 0 aliphatic carbocycles. The van der Waals surface area contributed by atoms with Gasteiger partial charge in [-0.1, -0.05) is 98.9 Å². The van der Waals surface area contributed by atoms with Crippen molar-refractivity contribution >= 4 is 11.9 Å². The van der Waals surface area contributed by atoms with Gasteiger partial charge in [0.25, 0.3) is 0 Å². The van der Waals surface area contributed by atoms with Gasteiger partial charge in [-0.3, -0.25) is 14.5 Å². The fraction of sp³-hybridized carbons (Fsp3) is 0.729. The summed E-state index contributed by atoms with van der Waals surface area (Å²) in [6, 6.07) is -1.35. The summed E-state index contributed by atoms with van der Waals surface area (Å²) in [4.78, 5) is 30.9. The number of hydrogen-bond acceptors (Lipinski definition) is 24. The van der Waals surface area contributed by atoms with Crippen molar-refractivity contribution in [2.24, 2.45) is 17.8 Å². The van der Waals surface area contributed by atoms with Crippen molar-refractivity contribution in [2.45, 2.75) is 201 Å². The first-order chi connectivity index (χ1) is 39.8. The van der Waals surface area contributed by atoms with E-state index >= 15 is 0 Å². The lowest BCUT2D eigenvalue weighted by Gasteiger charge is -2.48. The molecular formula is C59H95N3O22.